The van der Waals surface area contributed by atoms with Gasteiger partial charge in [-0.05, 0) is 26.0 Å². The third-order valence-electron chi connectivity index (χ3n) is 2.07. The maximum atomic E-state index is 13.2. The second kappa shape index (κ2) is 4.96. The van der Waals surface area contributed by atoms with Crippen LogP contribution in [0.1, 0.15) is 30.6 Å². The Bertz CT molecular complexity index is 369. The van der Waals surface area contributed by atoms with Crippen LogP contribution < -0.4 is 4.74 Å². The van der Waals surface area contributed by atoms with Crippen LogP contribution in [0.25, 0.3) is 0 Å². The fourth-order valence-electron chi connectivity index (χ4n) is 1.17. The predicted octanol–water partition coefficient (Wildman–Crippen LogP) is 2.90. The molecule has 0 aliphatic heterocycles. The molecular formula is C12H15FO3. The molecule has 0 saturated carbocycles. The molecule has 0 bridgehead atoms. The van der Waals surface area contributed by atoms with Crippen LogP contribution in [0.5, 0.6) is 5.75 Å². The van der Waals surface area contributed by atoms with Crippen LogP contribution in [0.4, 0.5) is 4.39 Å². The van der Waals surface area contributed by atoms with E-state index in [4.69, 9.17) is 9.84 Å². The van der Waals surface area contributed by atoms with Crippen LogP contribution in [-0.4, -0.2) is 23.4 Å². The van der Waals surface area contributed by atoms with Crippen molar-refractivity contribution in [3.8, 4) is 5.75 Å². The Kier molecular flexibility index (Phi) is 3.88. The van der Waals surface area contributed by atoms with Gasteiger partial charge in [0.15, 0.2) is 0 Å². The normalized spacial score (nSPS) is 11.2. The summed E-state index contributed by atoms with van der Waals surface area (Å²) in [4.78, 5) is 10.8. The van der Waals surface area contributed by atoms with Crippen molar-refractivity contribution in [3.63, 3.8) is 0 Å². The molecule has 0 aromatic heterocycles. The lowest BCUT2D eigenvalue weighted by Gasteiger charge is -2.15. The van der Waals surface area contributed by atoms with E-state index in [1.54, 1.807) is 18.2 Å². The molecule has 16 heavy (non-hydrogen) atoms. The van der Waals surface area contributed by atoms with Crippen LogP contribution in [0.3, 0.4) is 0 Å². The molecule has 3 nitrogen and oxygen atoms in total. The Hall–Kier alpha value is -1.58. The fourth-order valence-corrected chi connectivity index (χ4v) is 1.17. The molecule has 0 spiro atoms. The molecule has 0 fully saturated rings. The van der Waals surface area contributed by atoms with Crippen LogP contribution >= 0.6 is 0 Å². The highest BCUT2D eigenvalue weighted by atomic mass is 19.1. The first-order valence-corrected chi connectivity index (χ1v) is 5.04. The van der Waals surface area contributed by atoms with Crippen molar-refractivity contribution in [3.05, 3.63) is 29.8 Å². The molecular weight excluding hydrogens is 211 g/mol. The zero-order valence-corrected chi connectivity index (χ0v) is 9.37. The van der Waals surface area contributed by atoms with E-state index in [0.717, 1.165) is 0 Å². The number of hydrogen-bond acceptors (Lipinski definition) is 2. The number of carbonyl (C=O) groups is 1. The van der Waals surface area contributed by atoms with Crippen molar-refractivity contribution < 1.29 is 19.0 Å². The number of ether oxygens (including phenoxy) is 1. The van der Waals surface area contributed by atoms with Gasteiger partial charge in [0.25, 0.3) is 0 Å². The van der Waals surface area contributed by atoms with Crippen LogP contribution in [0.2, 0.25) is 0 Å². The van der Waals surface area contributed by atoms with Crippen molar-refractivity contribution in [1.82, 2.24) is 0 Å². The number of benzene rings is 1. The average Bonchev–Trinajstić information content (AvgIpc) is 2.16. The minimum absolute atomic E-state index is 0.0964. The van der Waals surface area contributed by atoms with Gasteiger partial charge >= 0.3 is 5.97 Å². The summed E-state index contributed by atoms with van der Waals surface area (Å²) in [6, 6.07) is 6.32. The topological polar surface area (TPSA) is 46.5 Å². The van der Waals surface area contributed by atoms with Crippen LogP contribution in [0.15, 0.2) is 24.3 Å². The van der Waals surface area contributed by atoms with Gasteiger partial charge in [-0.2, -0.15) is 0 Å². The minimum atomic E-state index is -1.31. The van der Waals surface area contributed by atoms with Gasteiger partial charge in [0.2, 0.25) is 0 Å². The van der Waals surface area contributed by atoms with Crippen molar-refractivity contribution in [1.29, 1.82) is 0 Å². The Morgan fingerprint density at radius 3 is 2.62 bits per heavy atom. The lowest BCUT2D eigenvalue weighted by atomic mass is 10.1. The number of para-hydroxylation sites is 1. The Labute approximate surface area is 93.9 Å². The summed E-state index contributed by atoms with van der Waals surface area (Å²) in [6.07, 6.45) is 0.223. The molecule has 4 heteroatoms. The van der Waals surface area contributed by atoms with Crippen molar-refractivity contribution in [2.75, 3.05) is 6.61 Å². The number of carboxylic acids is 1. The zero-order valence-electron chi connectivity index (χ0n) is 9.37. The summed E-state index contributed by atoms with van der Waals surface area (Å²) >= 11 is 0. The van der Waals surface area contributed by atoms with Gasteiger partial charge in [-0.1, -0.05) is 12.1 Å². The molecule has 1 aromatic rings. The van der Waals surface area contributed by atoms with Gasteiger partial charge in [0.1, 0.15) is 17.0 Å². The van der Waals surface area contributed by atoms with Gasteiger partial charge in [0, 0.05) is 6.42 Å². The highest BCUT2D eigenvalue weighted by Crippen LogP contribution is 2.20. The first-order valence-electron chi connectivity index (χ1n) is 5.04. The van der Waals surface area contributed by atoms with E-state index >= 15 is 0 Å². The largest absolute Gasteiger partial charge is 0.493 e. The quantitative estimate of drug-likeness (QED) is 0.839. The smallest absolute Gasteiger partial charge is 0.339 e. The van der Waals surface area contributed by atoms with E-state index in [0.29, 0.717) is 0 Å². The van der Waals surface area contributed by atoms with Gasteiger partial charge < -0.3 is 9.84 Å². The van der Waals surface area contributed by atoms with Crippen molar-refractivity contribution in [2.45, 2.75) is 25.9 Å². The summed E-state index contributed by atoms with van der Waals surface area (Å²) in [5, 5.41) is 8.87. The lowest BCUT2D eigenvalue weighted by molar-refractivity contribution is 0.0691. The summed E-state index contributed by atoms with van der Waals surface area (Å²) in [6.45, 7) is 3.08. The molecule has 1 rings (SSSR count). The molecule has 0 aliphatic rings. The highest BCUT2D eigenvalue weighted by Gasteiger charge is 2.16. The number of aromatic carboxylic acids is 1. The van der Waals surface area contributed by atoms with Gasteiger partial charge in [-0.15, -0.1) is 0 Å². The molecule has 88 valence electrons. The molecule has 0 saturated heterocycles. The third-order valence-corrected chi connectivity index (χ3v) is 2.07. The zero-order chi connectivity index (χ0) is 12.2. The van der Waals surface area contributed by atoms with E-state index in [2.05, 4.69) is 0 Å². The Morgan fingerprint density at radius 2 is 2.06 bits per heavy atom. The molecule has 0 unspecified atom stereocenters. The molecule has 0 aliphatic carbocycles. The summed E-state index contributed by atoms with van der Waals surface area (Å²) in [7, 11) is 0. The first kappa shape index (κ1) is 12.5. The molecule has 0 atom stereocenters. The number of carboxylic acid groups (broad SMARTS) is 1. The monoisotopic (exact) mass is 226 g/mol. The van der Waals surface area contributed by atoms with Crippen molar-refractivity contribution >= 4 is 5.97 Å². The van der Waals surface area contributed by atoms with Crippen molar-refractivity contribution in [2.24, 2.45) is 0 Å². The van der Waals surface area contributed by atoms with Gasteiger partial charge in [-0.3, -0.25) is 0 Å². The summed E-state index contributed by atoms with van der Waals surface area (Å²) < 4.78 is 18.4. The number of hydrogen-bond donors (Lipinski definition) is 1. The van der Waals surface area contributed by atoms with Crippen LogP contribution in [-0.2, 0) is 0 Å². The molecule has 0 heterocycles. The Balaban J connectivity index is 2.64. The number of rotatable bonds is 5. The van der Waals surface area contributed by atoms with Crippen LogP contribution in [0, 0.1) is 0 Å². The summed E-state index contributed by atoms with van der Waals surface area (Å²) in [5.74, 6) is -0.769. The number of halogens is 1. The van der Waals surface area contributed by atoms with E-state index in [1.807, 2.05) is 0 Å². The minimum Gasteiger partial charge on any atom is -0.493 e. The first-order chi connectivity index (χ1) is 7.40. The lowest BCUT2D eigenvalue weighted by Crippen LogP contribution is -2.17. The molecule has 0 amide bonds. The van der Waals surface area contributed by atoms with Gasteiger partial charge in [-0.25, -0.2) is 9.18 Å². The third kappa shape index (κ3) is 3.88. The van der Waals surface area contributed by atoms with E-state index in [9.17, 15) is 9.18 Å². The van der Waals surface area contributed by atoms with Gasteiger partial charge in [0.05, 0.1) is 6.61 Å². The Morgan fingerprint density at radius 1 is 1.44 bits per heavy atom. The molecule has 1 aromatic carbocycles. The average molecular weight is 226 g/mol. The molecule has 0 radical (unpaired) electrons. The van der Waals surface area contributed by atoms with E-state index in [1.165, 1.54) is 19.9 Å². The van der Waals surface area contributed by atoms with E-state index in [-0.39, 0.29) is 24.3 Å². The second-order valence-electron chi connectivity index (χ2n) is 4.12. The molecule has 1 N–H and O–H groups in total. The fraction of sp³-hybridized carbons (Fsp3) is 0.417. The summed E-state index contributed by atoms with van der Waals surface area (Å²) in [5.41, 5.74) is -1.21. The highest BCUT2D eigenvalue weighted by molar-refractivity contribution is 5.90. The predicted molar refractivity (Wildman–Crippen MR) is 58.7 cm³/mol. The van der Waals surface area contributed by atoms with E-state index < -0.39 is 11.6 Å². The maximum Gasteiger partial charge on any atom is 0.339 e. The SMILES string of the molecule is CC(C)(F)CCOc1ccccc1C(=O)O. The maximum absolute atomic E-state index is 13.2. The standard InChI is InChI=1S/C12H15FO3/c1-12(2,13)7-8-16-10-6-4-3-5-9(10)11(14)15/h3-6H,7-8H2,1-2H3,(H,14,15). The number of alkyl halides is 1. The second-order valence-corrected chi connectivity index (χ2v) is 4.12.